The van der Waals surface area contributed by atoms with E-state index in [4.69, 9.17) is 16.0 Å². The second-order valence-electron chi connectivity index (χ2n) is 3.55. The van der Waals surface area contributed by atoms with Crippen LogP contribution in [-0.4, -0.2) is 5.11 Å². The number of aliphatic hydroxyl groups excluding tert-OH is 1. The van der Waals surface area contributed by atoms with E-state index < -0.39 is 11.9 Å². The van der Waals surface area contributed by atoms with E-state index in [1.807, 2.05) is 0 Å². The maximum absolute atomic E-state index is 13.1. The van der Waals surface area contributed by atoms with Gasteiger partial charge in [0.05, 0.1) is 18.6 Å². The fraction of sp³-hybridized carbons (Fsp3) is 0.167. The predicted octanol–water partition coefficient (Wildman–Crippen LogP) is 3.35. The highest BCUT2D eigenvalue weighted by Gasteiger charge is 2.11. The number of hydrogen-bond donors (Lipinski definition) is 1. The van der Waals surface area contributed by atoms with Crippen LogP contribution in [0.4, 0.5) is 4.39 Å². The Bertz CT molecular complexity index is 448. The van der Waals surface area contributed by atoms with Crippen molar-refractivity contribution in [3.05, 3.63) is 58.8 Å². The molecule has 2 nitrogen and oxygen atoms in total. The number of hydrogen-bond acceptors (Lipinski definition) is 2. The van der Waals surface area contributed by atoms with Crippen LogP contribution in [0.15, 0.2) is 41.2 Å². The molecule has 16 heavy (non-hydrogen) atoms. The van der Waals surface area contributed by atoms with Crippen molar-refractivity contribution in [2.75, 3.05) is 0 Å². The molecule has 0 aliphatic rings. The molecule has 0 saturated heterocycles. The summed E-state index contributed by atoms with van der Waals surface area (Å²) < 4.78 is 17.9. The molecule has 2 aromatic rings. The Labute approximate surface area is 97.3 Å². The van der Waals surface area contributed by atoms with Gasteiger partial charge in [-0.05, 0) is 35.4 Å². The summed E-state index contributed by atoms with van der Waals surface area (Å²) in [6, 6.07) is 5.78. The Morgan fingerprint density at radius 3 is 2.81 bits per heavy atom. The largest absolute Gasteiger partial charge is 0.472 e. The van der Waals surface area contributed by atoms with Gasteiger partial charge in [-0.3, -0.25) is 0 Å². The summed E-state index contributed by atoms with van der Waals surface area (Å²) in [6.45, 7) is 0. The van der Waals surface area contributed by atoms with Crippen molar-refractivity contribution in [3.8, 4) is 0 Å². The molecule has 0 aliphatic carbocycles. The number of rotatable bonds is 3. The van der Waals surface area contributed by atoms with Crippen molar-refractivity contribution < 1.29 is 13.9 Å². The first-order valence-electron chi connectivity index (χ1n) is 4.80. The van der Waals surface area contributed by atoms with Crippen molar-refractivity contribution in [2.24, 2.45) is 0 Å². The molecule has 1 unspecified atom stereocenters. The molecule has 0 amide bonds. The molecule has 0 saturated carbocycles. The van der Waals surface area contributed by atoms with Gasteiger partial charge in [-0.2, -0.15) is 0 Å². The summed E-state index contributed by atoms with van der Waals surface area (Å²) in [7, 11) is 0. The lowest BCUT2D eigenvalue weighted by molar-refractivity contribution is 0.178. The Morgan fingerprint density at radius 2 is 2.19 bits per heavy atom. The highest BCUT2D eigenvalue weighted by Crippen LogP contribution is 2.23. The Hall–Kier alpha value is -1.32. The maximum atomic E-state index is 13.1. The van der Waals surface area contributed by atoms with E-state index in [1.54, 1.807) is 18.4 Å². The van der Waals surface area contributed by atoms with Gasteiger partial charge in [0, 0.05) is 11.4 Å². The standard InChI is InChI=1S/C12H10ClFO2/c13-10-4-9(5-11(14)6-10)12(15)3-8-1-2-16-7-8/h1-2,4-7,12,15H,3H2. The van der Waals surface area contributed by atoms with Crippen molar-refractivity contribution in [2.45, 2.75) is 12.5 Å². The molecular weight excluding hydrogens is 231 g/mol. The molecule has 1 N–H and O–H groups in total. The number of halogens is 2. The zero-order chi connectivity index (χ0) is 11.5. The van der Waals surface area contributed by atoms with Crippen molar-refractivity contribution in [1.82, 2.24) is 0 Å². The first-order valence-corrected chi connectivity index (χ1v) is 5.18. The van der Waals surface area contributed by atoms with Gasteiger partial charge in [-0.25, -0.2) is 4.39 Å². The van der Waals surface area contributed by atoms with Crippen LogP contribution in [0.1, 0.15) is 17.2 Å². The first kappa shape index (κ1) is 11.2. The second kappa shape index (κ2) is 4.68. The number of aliphatic hydroxyl groups is 1. The highest BCUT2D eigenvalue weighted by atomic mass is 35.5. The van der Waals surface area contributed by atoms with Crippen LogP contribution in [0.5, 0.6) is 0 Å². The third kappa shape index (κ3) is 2.62. The zero-order valence-corrected chi connectivity index (χ0v) is 9.12. The molecule has 0 fully saturated rings. The van der Waals surface area contributed by atoms with E-state index >= 15 is 0 Å². The normalized spacial score (nSPS) is 12.7. The molecule has 0 bridgehead atoms. The van der Waals surface area contributed by atoms with Crippen molar-refractivity contribution in [1.29, 1.82) is 0 Å². The van der Waals surface area contributed by atoms with Crippen LogP contribution in [-0.2, 0) is 6.42 Å². The molecule has 1 heterocycles. The topological polar surface area (TPSA) is 33.4 Å². The monoisotopic (exact) mass is 240 g/mol. The fourth-order valence-corrected chi connectivity index (χ4v) is 1.75. The molecule has 2 rings (SSSR count). The number of furan rings is 1. The van der Waals surface area contributed by atoms with Crippen LogP contribution in [0, 0.1) is 5.82 Å². The quantitative estimate of drug-likeness (QED) is 0.893. The van der Waals surface area contributed by atoms with Crippen LogP contribution in [0.25, 0.3) is 0 Å². The summed E-state index contributed by atoms with van der Waals surface area (Å²) in [5.74, 6) is -0.450. The predicted molar refractivity (Wildman–Crippen MR) is 58.8 cm³/mol. The SMILES string of the molecule is OC(Cc1ccoc1)c1cc(F)cc(Cl)c1. The average molecular weight is 241 g/mol. The van der Waals surface area contributed by atoms with E-state index in [0.29, 0.717) is 12.0 Å². The Kier molecular flexibility index (Phi) is 3.27. The van der Waals surface area contributed by atoms with Gasteiger partial charge in [-0.1, -0.05) is 11.6 Å². The zero-order valence-electron chi connectivity index (χ0n) is 8.36. The van der Waals surface area contributed by atoms with Crippen LogP contribution in [0.3, 0.4) is 0 Å². The van der Waals surface area contributed by atoms with Gasteiger partial charge in [0.25, 0.3) is 0 Å². The molecule has 4 heteroatoms. The second-order valence-corrected chi connectivity index (χ2v) is 3.99. The third-order valence-electron chi connectivity index (χ3n) is 2.28. The first-order chi connectivity index (χ1) is 7.65. The van der Waals surface area contributed by atoms with E-state index in [9.17, 15) is 9.50 Å². The van der Waals surface area contributed by atoms with Gasteiger partial charge in [0.2, 0.25) is 0 Å². The minimum atomic E-state index is -0.786. The lowest BCUT2D eigenvalue weighted by Crippen LogP contribution is -2.01. The van der Waals surface area contributed by atoms with E-state index in [0.717, 1.165) is 5.56 Å². The summed E-state index contributed by atoms with van der Waals surface area (Å²) in [6.07, 6.45) is 2.66. The lowest BCUT2D eigenvalue weighted by Gasteiger charge is -2.10. The maximum Gasteiger partial charge on any atom is 0.125 e. The van der Waals surface area contributed by atoms with Crippen LogP contribution >= 0.6 is 11.6 Å². The van der Waals surface area contributed by atoms with Gasteiger partial charge < -0.3 is 9.52 Å². The van der Waals surface area contributed by atoms with Gasteiger partial charge in [0.1, 0.15) is 5.82 Å². The van der Waals surface area contributed by atoms with Gasteiger partial charge in [-0.15, -0.1) is 0 Å². The highest BCUT2D eigenvalue weighted by molar-refractivity contribution is 6.30. The molecule has 1 aromatic carbocycles. The smallest absolute Gasteiger partial charge is 0.125 e. The lowest BCUT2D eigenvalue weighted by atomic mass is 10.0. The Balaban J connectivity index is 2.17. The van der Waals surface area contributed by atoms with Crippen molar-refractivity contribution in [3.63, 3.8) is 0 Å². The summed E-state index contributed by atoms with van der Waals surface area (Å²) in [4.78, 5) is 0. The van der Waals surface area contributed by atoms with Crippen LogP contribution in [0.2, 0.25) is 5.02 Å². The van der Waals surface area contributed by atoms with Gasteiger partial charge in [0.15, 0.2) is 0 Å². The summed E-state index contributed by atoms with van der Waals surface area (Å²) in [5, 5.41) is 10.2. The van der Waals surface area contributed by atoms with E-state index in [1.165, 1.54) is 18.4 Å². The fourth-order valence-electron chi connectivity index (χ4n) is 1.52. The molecule has 0 spiro atoms. The molecule has 0 radical (unpaired) electrons. The molecule has 0 aliphatic heterocycles. The van der Waals surface area contributed by atoms with E-state index in [-0.39, 0.29) is 5.02 Å². The molecule has 1 atom stereocenters. The molecule has 84 valence electrons. The molecule has 1 aromatic heterocycles. The van der Waals surface area contributed by atoms with Gasteiger partial charge >= 0.3 is 0 Å². The Morgan fingerprint density at radius 1 is 1.38 bits per heavy atom. The average Bonchev–Trinajstić information content (AvgIpc) is 2.68. The number of benzene rings is 1. The van der Waals surface area contributed by atoms with Crippen LogP contribution < -0.4 is 0 Å². The summed E-state index contributed by atoms with van der Waals surface area (Å²) >= 11 is 5.71. The minimum absolute atomic E-state index is 0.279. The third-order valence-corrected chi connectivity index (χ3v) is 2.50. The van der Waals surface area contributed by atoms with E-state index in [2.05, 4.69) is 0 Å². The molecular formula is C12H10ClFO2. The van der Waals surface area contributed by atoms with Crippen molar-refractivity contribution >= 4 is 11.6 Å². The summed E-state index contributed by atoms with van der Waals surface area (Å²) in [5.41, 5.74) is 1.32. The minimum Gasteiger partial charge on any atom is -0.472 e.